The third-order valence-electron chi connectivity index (χ3n) is 3.01. The van der Waals surface area contributed by atoms with Crippen molar-refractivity contribution in [2.24, 2.45) is 0 Å². The first-order valence-electron chi connectivity index (χ1n) is 6.88. The molecule has 0 bridgehead atoms. The van der Waals surface area contributed by atoms with Gasteiger partial charge in [-0.05, 0) is 32.2 Å². The Bertz CT molecular complexity index is 291. The molecule has 0 heterocycles. The fourth-order valence-electron chi connectivity index (χ4n) is 2.08. The summed E-state index contributed by atoms with van der Waals surface area (Å²) >= 11 is 0. The Morgan fingerprint density at radius 3 is 2.28 bits per heavy atom. The largest absolute Gasteiger partial charge is 0.380 e. The molecule has 0 amide bonds. The van der Waals surface area contributed by atoms with Crippen molar-refractivity contribution in [3.63, 3.8) is 0 Å². The number of rotatable bonds is 11. The molecule has 0 rings (SSSR count). The van der Waals surface area contributed by atoms with Crippen molar-refractivity contribution in [1.29, 1.82) is 0 Å². The Labute approximate surface area is 112 Å². The van der Waals surface area contributed by atoms with Crippen LogP contribution in [0.4, 0.5) is 0 Å². The minimum atomic E-state index is -2.85. The summed E-state index contributed by atoms with van der Waals surface area (Å²) in [6, 6.07) is 0.261. The van der Waals surface area contributed by atoms with E-state index in [1.807, 2.05) is 0 Å². The summed E-state index contributed by atoms with van der Waals surface area (Å²) < 4.78 is 27.8. The SMILES string of the molecule is CCCNC(CCCS(C)(=O)=O)C(CCC)OC. The zero-order valence-electron chi connectivity index (χ0n) is 12.2. The molecule has 0 spiro atoms. The van der Waals surface area contributed by atoms with Crippen LogP contribution in [0.3, 0.4) is 0 Å². The van der Waals surface area contributed by atoms with Gasteiger partial charge >= 0.3 is 0 Å². The second-order valence-electron chi connectivity index (χ2n) is 4.90. The number of ether oxygens (including phenoxy) is 1. The van der Waals surface area contributed by atoms with Crippen LogP contribution in [-0.4, -0.2) is 46.2 Å². The maximum absolute atomic E-state index is 11.1. The Hall–Kier alpha value is -0.130. The van der Waals surface area contributed by atoms with Gasteiger partial charge in [-0.2, -0.15) is 0 Å². The van der Waals surface area contributed by atoms with Crippen LogP contribution < -0.4 is 5.32 Å². The number of nitrogens with one attached hydrogen (secondary N) is 1. The molecule has 0 saturated carbocycles. The van der Waals surface area contributed by atoms with E-state index in [0.29, 0.717) is 6.42 Å². The number of methoxy groups -OCH3 is 1. The van der Waals surface area contributed by atoms with E-state index in [0.717, 1.165) is 32.2 Å². The van der Waals surface area contributed by atoms with Crippen LogP contribution in [0.1, 0.15) is 46.0 Å². The van der Waals surface area contributed by atoms with Crippen LogP contribution in [0, 0.1) is 0 Å². The molecule has 110 valence electrons. The van der Waals surface area contributed by atoms with E-state index < -0.39 is 9.84 Å². The van der Waals surface area contributed by atoms with Gasteiger partial charge in [0.25, 0.3) is 0 Å². The Balaban J connectivity index is 4.27. The van der Waals surface area contributed by atoms with Gasteiger partial charge in [0.15, 0.2) is 0 Å². The smallest absolute Gasteiger partial charge is 0.147 e. The summed E-state index contributed by atoms with van der Waals surface area (Å²) in [6.45, 7) is 5.22. The molecular formula is C13H29NO3S. The van der Waals surface area contributed by atoms with Crippen molar-refractivity contribution >= 4 is 9.84 Å². The lowest BCUT2D eigenvalue weighted by Crippen LogP contribution is -2.41. The summed E-state index contributed by atoms with van der Waals surface area (Å²) in [4.78, 5) is 0. The first-order chi connectivity index (χ1) is 8.44. The molecule has 0 radical (unpaired) electrons. The van der Waals surface area contributed by atoms with E-state index in [4.69, 9.17) is 4.74 Å². The zero-order valence-corrected chi connectivity index (χ0v) is 13.1. The molecule has 0 aromatic heterocycles. The van der Waals surface area contributed by atoms with Gasteiger partial charge < -0.3 is 10.1 Å². The van der Waals surface area contributed by atoms with Crippen LogP contribution in [0.15, 0.2) is 0 Å². The van der Waals surface area contributed by atoms with Crippen LogP contribution in [0.5, 0.6) is 0 Å². The second kappa shape index (κ2) is 9.75. The first-order valence-corrected chi connectivity index (χ1v) is 8.94. The van der Waals surface area contributed by atoms with Crippen molar-refractivity contribution in [3.8, 4) is 0 Å². The highest BCUT2D eigenvalue weighted by molar-refractivity contribution is 7.90. The van der Waals surface area contributed by atoms with Gasteiger partial charge in [-0.15, -0.1) is 0 Å². The average molecular weight is 279 g/mol. The van der Waals surface area contributed by atoms with E-state index in [1.165, 1.54) is 6.26 Å². The van der Waals surface area contributed by atoms with Crippen molar-refractivity contribution in [1.82, 2.24) is 5.32 Å². The van der Waals surface area contributed by atoms with Crippen molar-refractivity contribution in [2.45, 2.75) is 58.1 Å². The minimum Gasteiger partial charge on any atom is -0.380 e. The fourth-order valence-corrected chi connectivity index (χ4v) is 2.77. The predicted molar refractivity (Wildman–Crippen MR) is 76.7 cm³/mol. The van der Waals surface area contributed by atoms with Crippen LogP contribution in [-0.2, 0) is 14.6 Å². The Kier molecular flexibility index (Phi) is 9.68. The zero-order chi connectivity index (χ0) is 14.0. The molecule has 0 aromatic rings. The molecule has 0 aliphatic carbocycles. The molecule has 4 nitrogen and oxygen atoms in total. The fraction of sp³-hybridized carbons (Fsp3) is 1.00. The quantitative estimate of drug-likeness (QED) is 0.628. The third-order valence-corrected chi connectivity index (χ3v) is 4.04. The Morgan fingerprint density at radius 2 is 1.83 bits per heavy atom. The van der Waals surface area contributed by atoms with Crippen molar-refractivity contribution in [2.75, 3.05) is 25.7 Å². The highest BCUT2D eigenvalue weighted by Crippen LogP contribution is 2.12. The summed E-state index contributed by atoms with van der Waals surface area (Å²) in [7, 11) is -1.12. The lowest BCUT2D eigenvalue weighted by Gasteiger charge is -2.27. The van der Waals surface area contributed by atoms with E-state index in [9.17, 15) is 8.42 Å². The summed E-state index contributed by atoms with van der Waals surface area (Å²) in [5, 5.41) is 3.47. The second-order valence-corrected chi connectivity index (χ2v) is 7.16. The monoisotopic (exact) mass is 279 g/mol. The minimum absolute atomic E-state index is 0.182. The molecule has 1 N–H and O–H groups in total. The lowest BCUT2D eigenvalue weighted by atomic mass is 10.0. The molecular weight excluding hydrogens is 250 g/mol. The maximum Gasteiger partial charge on any atom is 0.147 e. The van der Waals surface area contributed by atoms with Crippen molar-refractivity contribution in [3.05, 3.63) is 0 Å². The topological polar surface area (TPSA) is 55.4 Å². The number of sulfone groups is 1. The predicted octanol–water partition coefficient (Wildman–Crippen LogP) is 1.99. The van der Waals surface area contributed by atoms with Gasteiger partial charge in [-0.3, -0.25) is 0 Å². The third kappa shape index (κ3) is 8.89. The van der Waals surface area contributed by atoms with Gasteiger partial charge in [0, 0.05) is 25.2 Å². The molecule has 18 heavy (non-hydrogen) atoms. The summed E-state index contributed by atoms with van der Waals surface area (Å²) in [5.41, 5.74) is 0. The molecule has 2 atom stereocenters. The van der Waals surface area contributed by atoms with E-state index in [-0.39, 0.29) is 17.9 Å². The Morgan fingerprint density at radius 1 is 1.17 bits per heavy atom. The van der Waals surface area contributed by atoms with Crippen LogP contribution >= 0.6 is 0 Å². The standard InChI is InChI=1S/C13H29NO3S/c1-5-8-13(17-3)12(14-10-6-2)9-7-11-18(4,15)16/h12-14H,5-11H2,1-4H3. The normalized spacial score (nSPS) is 15.6. The van der Waals surface area contributed by atoms with E-state index in [1.54, 1.807) is 7.11 Å². The number of hydrogen-bond acceptors (Lipinski definition) is 4. The number of hydrogen-bond donors (Lipinski definition) is 1. The van der Waals surface area contributed by atoms with E-state index >= 15 is 0 Å². The molecule has 0 aliphatic rings. The highest BCUT2D eigenvalue weighted by atomic mass is 32.2. The molecule has 0 aliphatic heterocycles. The molecule has 5 heteroatoms. The molecule has 0 fully saturated rings. The van der Waals surface area contributed by atoms with Gasteiger partial charge in [0.1, 0.15) is 9.84 Å². The summed E-state index contributed by atoms with van der Waals surface area (Å²) in [6.07, 6.45) is 6.19. The maximum atomic E-state index is 11.1. The molecule has 0 saturated heterocycles. The molecule has 0 aromatic carbocycles. The lowest BCUT2D eigenvalue weighted by molar-refractivity contribution is 0.0579. The van der Waals surface area contributed by atoms with Crippen molar-refractivity contribution < 1.29 is 13.2 Å². The van der Waals surface area contributed by atoms with Gasteiger partial charge in [-0.1, -0.05) is 20.3 Å². The average Bonchev–Trinajstić information content (AvgIpc) is 2.29. The first kappa shape index (κ1) is 17.9. The van der Waals surface area contributed by atoms with Crippen LogP contribution in [0.2, 0.25) is 0 Å². The molecule has 2 unspecified atom stereocenters. The highest BCUT2D eigenvalue weighted by Gasteiger charge is 2.20. The van der Waals surface area contributed by atoms with Crippen LogP contribution in [0.25, 0.3) is 0 Å². The van der Waals surface area contributed by atoms with Gasteiger partial charge in [-0.25, -0.2) is 8.42 Å². The summed E-state index contributed by atoms with van der Waals surface area (Å²) in [5.74, 6) is 0.264. The van der Waals surface area contributed by atoms with E-state index in [2.05, 4.69) is 19.2 Å². The van der Waals surface area contributed by atoms with Gasteiger partial charge in [0.2, 0.25) is 0 Å². The van der Waals surface area contributed by atoms with Gasteiger partial charge in [0.05, 0.1) is 6.10 Å².